The molecule has 1 aliphatic heterocycles. The van der Waals surface area contributed by atoms with Gasteiger partial charge in [-0.2, -0.15) is 0 Å². The summed E-state index contributed by atoms with van der Waals surface area (Å²) in [5.41, 5.74) is 8.41. The number of benzene rings is 2. The van der Waals surface area contributed by atoms with Crippen LogP contribution in [0, 0.1) is 12.8 Å². The summed E-state index contributed by atoms with van der Waals surface area (Å²) in [4.78, 5) is 5.46. The molecular weight excluding hydrogens is 482 g/mol. The van der Waals surface area contributed by atoms with E-state index in [2.05, 4.69) is 23.1 Å². The van der Waals surface area contributed by atoms with E-state index in [0.717, 1.165) is 45.0 Å². The number of thiazole rings is 1. The maximum Gasteiger partial charge on any atom is 0.231 e. The molecule has 188 valence electrons. The minimum Gasteiger partial charge on any atom is -0.487 e. The predicted molar refractivity (Wildman–Crippen MR) is 140 cm³/mol. The zero-order chi connectivity index (χ0) is 24.8. The lowest BCUT2D eigenvalue weighted by Crippen LogP contribution is -2.43. The summed E-state index contributed by atoms with van der Waals surface area (Å²) in [7, 11) is 0. The van der Waals surface area contributed by atoms with E-state index in [1.165, 1.54) is 0 Å². The zero-order valence-electron chi connectivity index (χ0n) is 20.3. The number of hydrogen-bond donors (Lipinski definition) is 2. The molecule has 4 rings (SSSR count). The first-order valence-electron chi connectivity index (χ1n) is 11.7. The summed E-state index contributed by atoms with van der Waals surface area (Å²) in [5, 5.41) is 14.0. The molecule has 0 aliphatic carbocycles. The molecule has 0 fully saturated rings. The topological polar surface area (TPSA) is 90.1 Å². The van der Waals surface area contributed by atoms with Crippen molar-refractivity contribution in [2.75, 3.05) is 19.9 Å². The lowest BCUT2D eigenvalue weighted by molar-refractivity contribution is 0.119. The normalized spacial score (nSPS) is 14.5. The molecule has 35 heavy (non-hydrogen) atoms. The van der Waals surface area contributed by atoms with Crippen LogP contribution >= 0.6 is 23.3 Å². The minimum absolute atomic E-state index is 0.255. The van der Waals surface area contributed by atoms with Crippen molar-refractivity contribution < 1.29 is 19.3 Å². The Kier molecular flexibility index (Phi) is 8.91. The molecule has 1 aliphatic rings. The van der Waals surface area contributed by atoms with Crippen LogP contribution in [0.1, 0.15) is 30.1 Å². The third kappa shape index (κ3) is 7.59. The van der Waals surface area contributed by atoms with Gasteiger partial charge in [-0.15, -0.1) is 11.3 Å². The van der Waals surface area contributed by atoms with Crippen LogP contribution in [-0.2, 0) is 13.0 Å². The van der Waals surface area contributed by atoms with Crippen molar-refractivity contribution in [3.05, 3.63) is 64.1 Å². The Morgan fingerprint density at radius 3 is 2.63 bits per heavy atom. The van der Waals surface area contributed by atoms with E-state index in [0.29, 0.717) is 25.5 Å². The molecule has 2 atom stereocenters. The highest BCUT2D eigenvalue weighted by molar-refractivity contribution is 7.97. The van der Waals surface area contributed by atoms with Crippen molar-refractivity contribution in [3.63, 3.8) is 0 Å². The van der Waals surface area contributed by atoms with Crippen LogP contribution in [0.25, 0.3) is 0 Å². The van der Waals surface area contributed by atoms with Crippen LogP contribution in [0.3, 0.4) is 0 Å². The van der Waals surface area contributed by atoms with E-state index in [1.807, 2.05) is 54.8 Å². The van der Waals surface area contributed by atoms with Gasteiger partial charge >= 0.3 is 0 Å². The average Bonchev–Trinajstić information content (AvgIpc) is 3.46. The van der Waals surface area contributed by atoms with Crippen LogP contribution in [0.2, 0.25) is 0 Å². The van der Waals surface area contributed by atoms with Crippen LogP contribution in [0.4, 0.5) is 0 Å². The Balaban J connectivity index is 1.30. The third-order valence-electron chi connectivity index (χ3n) is 5.48. The monoisotopic (exact) mass is 515 g/mol. The highest BCUT2D eigenvalue weighted by Crippen LogP contribution is 2.36. The quantitative estimate of drug-likeness (QED) is 0.337. The van der Waals surface area contributed by atoms with Gasteiger partial charge in [0.25, 0.3) is 0 Å². The molecule has 9 heteroatoms. The van der Waals surface area contributed by atoms with Gasteiger partial charge in [-0.3, -0.25) is 0 Å². The molecule has 0 bridgehead atoms. The van der Waals surface area contributed by atoms with Gasteiger partial charge in [-0.05, 0) is 67.1 Å². The second-order valence-electron chi connectivity index (χ2n) is 9.07. The van der Waals surface area contributed by atoms with Gasteiger partial charge in [0, 0.05) is 29.4 Å². The number of ether oxygens (including phenoxy) is 3. The first-order chi connectivity index (χ1) is 16.9. The number of nitrogens with two attached hydrogens (primary N) is 1. The molecule has 3 N–H and O–H groups in total. The Morgan fingerprint density at radius 2 is 1.91 bits per heavy atom. The fraction of sp³-hybridized carbons (Fsp3) is 0.423. The highest BCUT2D eigenvalue weighted by Gasteiger charge is 2.22. The maximum atomic E-state index is 10.9. The minimum atomic E-state index is -0.668. The first-order valence-corrected chi connectivity index (χ1v) is 13.4. The van der Waals surface area contributed by atoms with Crippen LogP contribution in [0.5, 0.6) is 17.2 Å². The third-order valence-corrected chi connectivity index (χ3v) is 7.32. The van der Waals surface area contributed by atoms with Gasteiger partial charge < -0.3 is 25.1 Å². The summed E-state index contributed by atoms with van der Waals surface area (Å²) in [6.07, 6.45) is -0.0872. The number of fused-ring (bicyclic) bond motifs is 1. The lowest BCUT2D eigenvalue weighted by Gasteiger charge is -2.28. The summed E-state index contributed by atoms with van der Waals surface area (Å²) >= 11 is 3.22. The maximum absolute atomic E-state index is 10.9. The van der Waals surface area contributed by atoms with E-state index in [-0.39, 0.29) is 12.8 Å². The number of aliphatic hydroxyl groups is 1. The molecule has 2 heterocycles. The zero-order valence-corrected chi connectivity index (χ0v) is 22.0. The number of nitrogens with zero attached hydrogens (tertiary/aromatic N) is 2. The van der Waals surface area contributed by atoms with Crippen LogP contribution in [-0.4, -0.2) is 46.4 Å². The molecule has 2 aromatic carbocycles. The molecule has 0 amide bonds. The molecule has 1 aromatic heterocycles. The van der Waals surface area contributed by atoms with Crippen LogP contribution < -0.4 is 19.9 Å². The molecule has 0 radical (unpaired) electrons. The Hall–Kier alpha value is -2.30. The van der Waals surface area contributed by atoms with E-state index < -0.39 is 6.10 Å². The molecule has 7 nitrogen and oxygen atoms in total. The smallest absolute Gasteiger partial charge is 0.231 e. The molecule has 0 saturated carbocycles. The standard InChI is InChI=1S/C26H33N3O4S2/c1-17(2)12-29(35-22-8-9-25-26(11-22)33-16-32-25)13-24(30)23(27)10-19-4-6-21(7-5-19)31-14-20-15-34-18(3)28-20/h4-9,11,15,17,23-24,30H,10,12-14,16,27H2,1-3H3. The van der Waals surface area contributed by atoms with Crippen molar-refractivity contribution in [1.82, 2.24) is 9.29 Å². The van der Waals surface area contributed by atoms with Crippen molar-refractivity contribution in [2.24, 2.45) is 11.7 Å². The lowest BCUT2D eigenvalue weighted by atomic mass is 10.0. The van der Waals surface area contributed by atoms with E-state index in [9.17, 15) is 5.11 Å². The molecule has 0 saturated heterocycles. The van der Waals surface area contributed by atoms with Gasteiger partial charge in [-0.25, -0.2) is 9.29 Å². The van der Waals surface area contributed by atoms with Gasteiger partial charge in [-0.1, -0.05) is 26.0 Å². The van der Waals surface area contributed by atoms with Gasteiger partial charge in [0.2, 0.25) is 6.79 Å². The molecular formula is C26H33N3O4S2. The number of aromatic nitrogens is 1. The predicted octanol–water partition coefficient (Wildman–Crippen LogP) is 4.66. The molecule has 3 aromatic rings. The Labute approximate surface area is 215 Å². The van der Waals surface area contributed by atoms with E-state index in [4.69, 9.17) is 19.9 Å². The fourth-order valence-electron chi connectivity index (χ4n) is 3.74. The second-order valence-corrected chi connectivity index (χ2v) is 11.3. The van der Waals surface area contributed by atoms with Gasteiger partial charge in [0.1, 0.15) is 12.4 Å². The molecule has 0 spiro atoms. The highest BCUT2D eigenvalue weighted by atomic mass is 32.2. The second kappa shape index (κ2) is 12.1. The van der Waals surface area contributed by atoms with E-state index >= 15 is 0 Å². The van der Waals surface area contributed by atoms with Gasteiger partial charge in [0.15, 0.2) is 11.5 Å². The average molecular weight is 516 g/mol. The number of aliphatic hydroxyl groups excluding tert-OH is 1. The number of hydrogen-bond acceptors (Lipinski definition) is 9. The summed E-state index contributed by atoms with van der Waals surface area (Å²) in [5.74, 6) is 2.75. The SMILES string of the molecule is Cc1nc(COc2ccc(CC(N)C(O)CN(CC(C)C)Sc3ccc4c(c3)OCO4)cc2)cs1. The number of aryl methyl sites for hydroxylation is 1. The number of rotatable bonds is 12. The largest absolute Gasteiger partial charge is 0.487 e. The van der Waals surface area contributed by atoms with Crippen molar-refractivity contribution in [3.8, 4) is 17.2 Å². The van der Waals surface area contributed by atoms with Crippen molar-refractivity contribution in [2.45, 2.75) is 50.8 Å². The Morgan fingerprint density at radius 1 is 1.14 bits per heavy atom. The Bertz CT molecular complexity index is 1090. The van der Waals surface area contributed by atoms with E-state index in [1.54, 1.807) is 23.3 Å². The summed E-state index contributed by atoms with van der Waals surface area (Å²) in [6.45, 7) is 8.32. The van der Waals surface area contributed by atoms with Crippen LogP contribution in [0.15, 0.2) is 52.7 Å². The fourth-order valence-corrected chi connectivity index (χ4v) is 5.53. The van der Waals surface area contributed by atoms with Crippen molar-refractivity contribution >= 4 is 23.3 Å². The van der Waals surface area contributed by atoms with Crippen molar-refractivity contribution in [1.29, 1.82) is 0 Å². The molecule has 2 unspecified atom stereocenters. The summed E-state index contributed by atoms with van der Waals surface area (Å²) in [6, 6.07) is 13.4. The first kappa shape index (κ1) is 25.8. The van der Waals surface area contributed by atoms with Gasteiger partial charge in [0.05, 0.1) is 16.8 Å². The summed E-state index contributed by atoms with van der Waals surface area (Å²) < 4.78 is 18.9.